The molecule has 2 aromatic rings. The summed E-state index contributed by atoms with van der Waals surface area (Å²) >= 11 is 0. The molecular weight excluding hydrogens is 562 g/mol. The fraction of sp³-hybridized carbons (Fsp3) is 0.500. The smallest absolute Gasteiger partial charge is 0.240 e. The number of rotatable bonds is 5. The average Bonchev–Trinajstić information content (AvgIpc) is 3.93. The van der Waals surface area contributed by atoms with E-state index in [-0.39, 0.29) is 29.9 Å². The molecule has 2 amide bonds. The number of hydrogen-bond donors (Lipinski definition) is 1. The van der Waals surface area contributed by atoms with E-state index in [1.165, 1.54) is 0 Å². The van der Waals surface area contributed by atoms with Gasteiger partial charge in [0.2, 0.25) is 21.8 Å². The zero-order chi connectivity index (χ0) is 30.2. The third kappa shape index (κ3) is 6.28. The van der Waals surface area contributed by atoms with E-state index in [4.69, 9.17) is 0 Å². The number of nitrogens with zero attached hydrogens (tertiary/aromatic N) is 2. The molecule has 2 saturated carbocycles. The molecule has 0 spiro atoms. The van der Waals surface area contributed by atoms with Crippen LogP contribution in [-0.4, -0.2) is 55.4 Å². The number of sulfonamides is 1. The molecule has 3 fully saturated rings. The minimum Gasteiger partial charge on any atom is -0.351 e. The van der Waals surface area contributed by atoms with Gasteiger partial charge in [0, 0.05) is 24.6 Å². The number of carbonyl (C=O) groups excluding carboxylic acids is 3. The Hall–Kier alpha value is -3.46. The van der Waals surface area contributed by atoms with Crippen molar-refractivity contribution in [2.24, 2.45) is 17.3 Å². The highest BCUT2D eigenvalue weighted by Gasteiger charge is 2.61. The van der Waals surface area contributed by atoms with Crippen molar-refractivity contribution >= 4 is 33.3 Å². The number of carbonyl (C=O) groups is 3. The first-order valence-corrected chi connectivity index (χ1v) is 17.2. The van der Waals surface area contributed by atoms with E-state index in [0.717, 1.165) is 48.9 Å². The molecule has 9 heteroatoms. The number of benzene rings is 2. The predicted octanol–water partition coefficient (Wildman–Crippen LogP) is 5.06. The topological polar surface area (TPSA) is 104 Å². The summed E-state index contributed by atoms with van der Waals surface area (Å²) in [4.78, 5) is 45.1. The van der Waals surface area contributed by atoms with Crippen LogP contribution in [0.4, 0.5) is 5.69 Å². The molecule has 4 aliphatic rings. The quantitative estimate of drug-likeness (QED) is 0.480. The second-order valence-electron chi connectivity index (χ2n) is 12.9. The Bertz CT molecular complexity index is 1500. The molecule has 1 N–H and O–H groups in total. The van der Waals surface area contributed by atoms with Gasteiger partial charge in [-0.05, 0) is 67.7 Å². The number of ketones is 1. The lowest BCUT2D eigenvalue weighted by Gasteiger charge is -2.27. The number of allylic oxidation sites excluding steroid dienone is 2. The number of fused-ring (bicyclic) bond motifs is 2. The van der Waals surface area contributed by atoms with Crippen molar-refractivity contribution in [3.8, 4) is 11.1 Å². The number of hydrogen-bond acceptors (Lipinski definition) is 6. The summed E-state index contributed by atoms with van der Waals surface area (Å²) in [7, 11) is -3.74. The van der Waals surface area contributed by atoms with E-state index < -0.39 is 32.6 Å². The molecule has 2 aliphatic carbocycles. The van der Waals surface area contributed by atoms with Crippen LogP contribution in [0.3, 0.4) is 0 Å². The standard InChI is InChI=1S/C34H41N3O5S/c1-24-10-6-3-2-4-9-13-27-20-34(27,33(40)35-43(41,42)29-18-19-29)21-31(38)30-22-36(23-37(30)32(24)39)28-16-14-26(15-17-28)25-11-7-5-8-12-25/h5,7-9,11-17,24,27,29-30H,2-4,6,10,18-23H2,1H3,(H,35,40)/b13-9-/t24-,27-,30-,34+/m0/s1. The van der Waals surface area contributed by atoms with Gasteiger partial charge in [-0.15, -0.1) is 0 Å². The van der Waals surface area contributed by atoms with E-state index in [1.807, 2.05) is 55.5 Å². The molecule has 6 rings (SSSR count). The Kier molecular flexibility index (Phi) is 8.20. The van der Waals surface area contributed by atoms with E-state index in [9.17, 15) is 22.8 Å². The predicted molar refractivity (Wildman–Crippen MR) is 166 cm³/mol. The van der Waals surface area contributed by atoms with Gasteiger partial charge in [-0.3, -0.25) is 19.1 Å². The lowest BCUT2D eigenvalue weighted by Crippen LogP contribution is -2.46. The molecule has 43 heavy (non-hydrogen) atoms. The van der Waals surface area contributed by atoms with Gasteiger partial charge >= 0.3 is 0 Å². The van der Waals surface area contributed by atoms with Gasteiger partial charge in [0.05, 0.1) is 17.3 Å². The van der Waals surface area contributed by atoms with Crippen LogP contribution in [0.25, 0.3) is 11.1 Å². The van der Waals surface area contributed by atoms with Crippen molar-refractivity contribution in [3.63, 3.8) is 0 Å². The van der Waals surface area contributed by atoms with Crippen LogP contribution in [0.5, 0.6) is 0 Å². The maximum absolute atomic E-state index is 14.1. The monoisotopic (exact) mass is 603 g/mol. The lowest BCUT2D eigenvalue weighted by atomic mass is 9.91. The van der Waals surface area contributed by atoms with Crippen LogP contribution >= 0.6 is 0 Å². The molecule has 0 aromatic heterocycles. The lowest BCUT2D eigenvalue weighted by molar-refractivity contribution is -0.141. The fourth-order valence-electron chi connectivity index (χ4n) is 6.64. The highest BCUT2D eigenvalue weighted by Crippen LogP contribution is 2.57. The zero-order valence-corrected chi connectivity index (χ0v) is 25.6. The van der Waals surface area contributed by atoms with Crippen molar-refractivity contribution in [2.45, 2.75) is 76.0 Å². The largest absolute Gasteiger partial charge is 0.351 e. The summed E-state index contributed by atoms with van der Waals surface area (Å²) in [5.74, 6) is -1.22. The molecule has 4 atom stereocenters. The Balaban J connectivity index is 1.26. The van der Waals surface area contributed by atoms with Gasteiger partial charge in [0.25, 0.3) is 0 Å². The van der Waals surface area contributed by atoms with Gasteiger partial charge in [-0.25, -0.2) is 8.42 Å². The van der Waals surface area contributed by atoms with Gasteiger partial charge in [0.1, 0.15) is 6.04 Å². The van der Waals surface area contributed by atoms with Crippen molar-refractivity contribution in [2.75, 3.05) is 18.1 Å². The first-order valence-electron chi connectivity index (χ1n) is 15.6. The summed E-state index contributed by atoms with van der Waals surface area (Å²) in [6.07, 6.45) is 10.1. The van der Waals surface area contributed by atoms with Crippen LogP contribution in [0.2, 0.25) is 0 Å². The van der Waals surface area contributed by atoms with Gasteiger partial charge in [-0.1, -0.05) is 74.4 Å². The number of nitrogens with one attached hydrogen (secondary N) is 1. The van der Waals surface area contributed by atoms with Crippen LogP contribution in [0.1, 0.15) is 64.7 Å². The van der Waals surface area contributed by atoms with Crippen LogP contribution in [0.15, 0.2) is 66.7 Å². The molecule has 0 bridgehead atoms. The molecule has 0 radical (unpaired) electrons. The third-order valence-electron chi connectivity index (χ3n) is 9.66. The van der Waals surface area contributed by atoms with E-state index in [2.05, 4.69) is 27.8 Å². The normalized spacial score (nSPS) is 29.2. The van der Waals surface area contributed by atoms with E-state index in [0.29, 0.717) is 32.5 Å². The van der Waals surface area contributed by atoms with Crippen molar-refractivity contribution < 1.29 is 22.8 Å². The Morgan fingerprint density at radius 2 is 1.65 bits per heavy atom. The number of Topliss-reactive ketones (excluding diaryl/α,β-unsaturated/α-hetero) is 1. The number of anilines is 1. The van der Waals surface area contributed by atoms with Crippen molar-refractivity contribution in [3.05, 3.63) is 66.7 Å². The van der Waals surface area contributed by atoms with Crippen LogP contribution in [-0.2, 0) is 24.4 Å². The SMILES string of the molecule is C[C@H]1CCCCC/C=C\[C@H]2C[C@@]2(C(=O)NS(=O)(=O)C2CC2)CC(=O)[C@@H]2CN(c3ccc(-c4ccccc4)cc3)CN2C1=O. The second-order valence-corrected chi connectivity index (χ2v) is 14.8. The van der Waals surface area contributed by atoms with Gasteiger partial charge < -0.3 is 9.80 Å². The summed E-state index contributed by atoms with van der Waals surface area (Å²) in [6.45, 7) is 2.57. The highest BCUT2D eigenvalue weighted by molar-refractivity contribution is 7.90. The fourth-order valence-corrected chi connectivity index (χ4v) is 8.02. The molecule has 228 valence electrons. The molecule has 1 saturated heterocycles. The van der Waals surface area contributed by atoms with Crippen LogP contribution < -0.4 is 9.62 Å². The Morgan fingerprint density at radius 3 is 2.37 bits per heavy atom. The molecule has 2 heterocycles. The van der Waals surface area contributed by atoms with Crippen LogP contribution in [0, 0.1) is 17.3 Å². The Labute approximate surface area is 254 Å². The molecule has 2 aromatic carbocycles. The average molecular weight is 604 g/mol. The summed E-state index contributed by atoms with van der Waals surface area (Å²) in [5, 5.41) is -0.523. The van der Waals surface area contributed by atoms with Crippen molar-refractivity contribution in [1.29, 1.82) is 0 Å². The molecule has 0 unspecified atom stereocenters. The maximum Gasteiger partial charge on any atom is 0.240 e. The summed E-state index contributed by atoms with van der Waals surface area (Å²) < 4.78 is 27.7. The summed E-state index contributed by atoms with van der Waals surface area (Å²) in [6, 6.07) is 17.5. The van der Waals surface area contributed by atoms with Gasteiger partial charge in [0.15, 0.2) is 5.78 Å². The minimum absolute atomic E-state index is 0.0445. The molecule has 2 aliphatic heterocycles. The molecular formula is C34H41N3O5S. The highest BCUT2D eigenvalue weighted by atomic mass is 32.2. The van der Waals surface area contributed by atoms with Gasteiger partial charge in [-0.2, -0.15) is 0 Å². The number of amides is 2. The first-order chi connectivity index (χ1) is 20.7. The van der Waals surface area contributed by atoms with E-state index in [1.54, 1.807) is 4.90 Å². The molecule has 8 nitrogen and oxygen atoms in total. The third-order valence-corrected chi connectivity index (χ3v) is 11.5. The second kappa shape index (κ2) is 11.9. The Morgan fingerprint density at radius 1 is 0.930 bits per heavy atom. The summed E-state index contributed by atoms with van der Waals surface area (Å²) in [5.41, 5.74) is 2.02. The zero-order valence-electron chi connectivity index (χ0n) is 24.8. The minimum atomic E-state index is -3.74. The van der Waals surface area contributed by atoms with Crippen molar-refractivity contribution in [1.82, 2.24) is 9.62 Å². The first kappa shape index (κ1) is 29.6. The maximum atomic E-state index is 14.1. The van der Waals surface area contributed by atoms with E-state index >= 15 is 0 Å².